The molecule has 0 bridgehead atoms. The van der Waals surface area contributed by atoms with E-state index in [-0.39, 0.29) is 29.7 Å². The molecule has 1 unspecified atom stereocenters. The maximum atomic E-state index is 13.4. The Kier molecular flexibility index (Phi) is 4.82. The number of carbonyl (C=O) groups excluding carboxylic acids is 1. The molecule has 0 fully saturated rings. The topological polar surface area (TPSA) is 95.0 Å². The van der Waals surface area contributed by atoms with Gasteiger partial charge in [0.25, 0.3) is 10.0 Å². The molecule has 1 N–H and O–H groups in total. The van der Waals surface area contributed by atoms with Crippen molar-refractivity contribution in [2.45, 2.75) is 43.5 Å². The quantitative estimate of drug-likeness (QED) is 0.811. The predicted octanol–water partition coefficient (Wildman–Crippen LogP) is 2.58. The van der Waals surface area contributed by atoms with Crippen LogP contribution < -0.4 is 9.21 Å². The van der Waals surface area contributed by atoms with Crippen molar-refractivity contribution in [2.75, 3.05) is 15.7 Å². The maximum absolute atomic E-state index is 13.4. The van der Waals surface area contributed by atoms with Gasteiger partial charge < -0.3 is 10.0 Å². The van der Waals surface area contributed by atoms with Crippen LogP contribution in [-0.4, -0.2) is 38.0 Å². The third-order valence-corrected chi connectivity index (χ3v) is 7.43. The van der Waals surface area contributed by atoms with Crippen molar-refractivity contribution in [1.82, 2.24) is 0 Å². The number of benzene rings is 2. The number of fused-ring (bicyclic) bond motifs is 2. The molecule has 4 rings (SSSR count). The van der Waals surface area contributed by atoms with E-state index >= 15 is 0 Å². The van der Waals surface area contributed by atoms with E-state index in [1.165, 1.54) is 10.4 Å². The van der Waals surface area contributed by atoms with E-state index in [1.54, 1.807) is 17.0 Å². The van der Waals surface area contributed by atoms with Crippen LogP contribution in [0, 0.1) is 0 Å². The van der Waals surface area contributed by atoms with E-state index in [2.05, 4.69) is 0 Å². The van der Waals surface area contributed by atoms with Crippen molar-refractivity contribution in [1.29, 1.82) is 0 Å². The maximum Gasteiger partial charge on any atom is 0.303 e. The van der Waals surface area contributed by atoms with E-state index in [1.807, 2.05) is 31.2 Å². The first-order chi connectivity index (χ1) is 13.8. The molecule has 0 aliphatic carbocycles. The zero-order valence-corrected chi connectivity index (χ0v) is 16.9. The summed E-state index contributed by atoms with van der Waals surface area (Å²) in [5.41, 5.74) is 3.18. The average Bonchev–Trinajstić information content (AvgIpc) is 3.25. The van der Waals surface area contributed by atoms with Gasteiger partial charge in [-0.3, -0.25) is 13.9 Å². The van der Waals surface area contributed by atoms with Crippen molar-refractivity contribution in [2.24, 2.45) is 0 Å². The number of amides is 1. The van der Waals surface area contributed by atoms with Crippen LogP contribution in [0.2, 0.25) is 0 Å². The summed E-state index contributed by atoms with van der Waals surface area (Å²) in [5, 5.41) is 8.78. The number of hydrogen-bond donors (Lipinski definition) is 1. The Morgan fingerprint density at radius 2 is 1.83 bits per heavy atom. The van der Waals surface area contributed by atoms with Crippen LogP contribution in [0.1, 0.15) is 30.9 Å². The predicted molar refractivity (Wildman–Crippen MR) is 109 cm³/mol. The molecule has 0 saturated carbocycles. The zero-order chi connectivity index (χ0) is 20.8. The Morgan fingerprint density at radius 1 is 1.07 bits per heavy atom. The Morgan fingerprint density at radius 3 is 2.59 bits per heavy atom. The highest BCUT2D eigenvalue weighted by molar-refractivity contribution is 7.92. The minimum absolute atomic E-state index is 0.0725. The molecule has 2 aromatic rings. The Balaban J connectivity index is 1.63. The number of para-hydroxylation sites is 1. The van der Waals surface area contributed by atoms with Gasteiger partial charge in [0.2, 0.25) is 5.91 Å². The number of carboxylic acid groups (broad SMARTS) is 1. The van der Waals surface area contributed by atoms with Gasteiger partial charge in [0.05, 0.1) is 17.0 Å². The Bertz CT molecular complexity index is 1100. The lowest BCUT2D eigenvalue weighted by Crippen LogP contribution is -2.35. The van der Waals surface area contributed by atoms with Crippen LogP contribution >= 0.6 is 0 Å². The second-order valence-electron chi connectivity index (χ2n) is 7.46. The second-order valence-corrected chi connectivity index (χ2v) is 9.28. The molecular weight excluding hydrogens is 392 g/mol. The number of rotatable bonds is 5. The van der Waals surface area contributed by atoms with Gasteiger partial charge in [-0.2, -0.15) is 0 Å². The fourth-order valence-corrected chi connectivity index (χ4v) is 5.91. The number of aliphatic carboxylic acids is 1. The lowest BCUT2D eigenvalue weighted by atomic mass is 10.1. The van der Waals surface area contributed by atoms with Gasteiger partial charge >= 0.3 is 5.97 Å². The summed E-state index contributed by atoms with van der Waals surface area (Å²) < 4.78 is 28.2. The first kappa shape index (κ1) is 19.4. The second kappa shape index (κ2) is 7.18. The Hall–Kier alpha value is -2.87. The summed E-state index contributed by atoms with van der Waals surface area (Å²) in [6.07, 6.45) is 0.927. The van der Waals surface area contributed by atoms with Crippen molar-refractivity contribution in [3.05, 3.63) is 53.6 Å². The Labute approximate surface area is 169 Å². The first-order valence-electron chi connectivity index (χ1n) is 9.56. The number of anilines is 2. The fraction of sp³-hybridized carbons (Fsp3) is 0.333. The molecular formula is C21H22N2O5S. The summed E-state index contributed by atoms with van der Waals surface area (Å²) in [6, 6.07) is 12.2. The summed E-state index contributed by atoms with van der Waals surface area (Å²) in [6.45, 7) is 2.33. The molecule has 0 radical (unpaired) electrons. The van der Waals surface area contributed by atoms with Crippen LogP contribution in [0.4, 0.5) is 11.4 Å². The molecule has 8 heteroatoms. The smallest absolute Gasteiger partial charge is 0.303 e. The summed E-state index contributed by atoms with van der Waals surface area (Å²) in [4.78, 5) is 24.8. The number of carboxylic acids is 1. The standard InChI is InChI=1S/C21H22N2O5S/c1-14-12-15-4-2-3-5-19(15)23(14)29(27,28)17-6-7-18-16(13-17)10-11-22(18)20(24)8-9-21(25)26/h2-7,13-14H,8-12H2,1H3,(H,25,26). The third kappa shape index (κ3) is 3.37. The lowest BCUT2D eigenvalue weighted by Gasteiger charge is -2.25. The third-order valence-electron chi connectivity index (χ3n) is 5.50. The van der Waals surface area contributed by atoms with E-state index in [0.717, 1.165) is 11.1 Å². The van der Waals surface area contributed by atoms with Crippen LogP contribution in [0.15, 0.2) is 47.4 Å². The molecule has 152 valence electrons. The van der Waals surface area contributed by atoms with Crippen LogP contribution in [0.25, 0.3) is 0 Å². The van der Waals surface area contributed by atoms with E-state index in [9.17, 15) is 18.0 Å². The molecule has 1 atom stereocenters. The van der Waals surface area contributed by atoms with Gasteiger partial charge in [-0.25, -0.2) is 8.42 Å². The van der Waals surface area contributed by atoms with Gasteiger partial charge in [-0.05, 0) is 55.2 Å². The number of nitrogens with zero attached hydrogens (tertiary/aromatic N) is 2. The molecule has 0 aromatic heterocycles. The van der Waals surface area contributed by atoms with Crippen LogP contribution in [-0.2, 0) is 32.5 Å². The highest BCUT2D eigenvalue weighted by Gasteiger charge is 2.36. The van der Waals surface area contributed by atoms with Gasteiger partial charge in [0, 0.05) is 24.7 Å². The highest BCUT2D eigenvalue weighted by atomic mass is 32.2. The summed E-state index contributed by atoms with van der Waals surface area (Å²) in [5.74, 6) is -1.27. The summed E-state index contributed by atoms with van der Waals surface area (Å²) in [7, 11) is -3.73. The molecule has 0 spiro atoms. The first-order valence-corrected chi connectivity index (χ1v) is 11.0. The largest absolute Gasteiger partial charge is 0.481 e. The van der Waals surface area contributed by atoms with Crippen molar-refractivity contribution >= 4 is 33.3 Å². The highest BCUT2D eigenvalue weighted by Crippen LogP contribution is 2.38. The van der Waals surface area contributed by atoms with Crippen molar-refractivity contribution < 1.29 is 23.1 Å². The number of carbonyl (C=O) groups is 2. The minimum atomic E-state index is -3.73. The zero-order valence-electron chi connectivity index (χ0n) is 16.0. The molecule has 2 aliphatic rings. The molecule has 29 heavy (non-hydrogen) atoms. The minimum Gasteiger partial charge on any atom is -0.481 e. The van der Waals surface area contributed by atoms with Crippen molar-refractivity contribution in [3.63, 3.8) is 0 Å². The molecule has 0 saturated heterocycles. The van der Waals surface area contributed by atoms with Gasteiger partial charge in [0.15, 0.2) is 0 Å². The lowest BCUT2D eigenvalue weighted by molar-refractivity contribution is -0.138. The molecule has 2 aromatic carbocycles. The molecule has 7 nitrogen and oxygen atoms in total. The number of hydrogen-bond acceptors (Lipinski definition) is 4. The summed E-state index contributed by atoms with van der Waals surface area (Å²) >= 11 is 0. The normalized spacial score (nSPS) is 17.9. The molecule has 1 amide bonds. The van der Waals surface area contributed by atoms with Crippen LogP contribution in [0.5, 0.6) is 0 Å². The van der Waals surface area contributed by atoms with E-state index in [4.69, 9.17) is 5.11 Å². The molecule has 2 heterocycles. The SMILES string of the molecule is CC1Cc2ccccc2N1S(=O)(=O)c1ccc2c(c1)CCN2C(=O)CCC(=O)O. The van der Waals surface area contributed by atoms with E-state index < -0.39 is 16.0 Å². The fourth-order valence-electron chi connectivity index (χ4n) is 4.16. The van der Waals surface area contributed by atoms with Gasteiger partial charge in [0.1, 0.15) is 0 Å². The van der Waals surface area contributed by atoms with Gasteiger partial charge in [-0.1, -0.05) is 18.2 Å². The average molecular weight is 414 g/mol. The van der Waals surface area contributed by atoms with Crippen LogP contribution in [0.3, 0.4) is 0 Å². The molecule has 2 aliphatic heterocycles. The van der Waals surface area contributed by atoms with Crippen molar-refractivity contribution in [3.8, 4) is 0 Å². The van der Waals surface area contributed by atoms with Gasteiger partial charge in [-0.15, -0.1) is 0 Å². The monoisotopic (exact) mass is 414 g/mol. The number of sulfonamides is 1. The van der Waals surface area contributed by atoms with E-state index in [0.29, 0.717) is 30.8 Å².